The van der Waals surface area contributed by atoms with Crippen molar-refractivity contribution in [3.63, 3.8) is 0 Å². The van der Waals surface area contributed by atoms with Gasteiger partial charge in [-0.3, -0.25) is 4.68 Å². The van der Waals surface area contributed by atoms with Crippen LogP contribution in [-0.4, -0.2) is 9.78 Å². The van der Waals surface area contributed by atoms with Crippen LogP contribution in [0.3, 0.4) is 0 Å². The third kappa shape index (κ3) is 2.59. The molecule has 0 aliphatic rings. The first-order valence-electron chi connectivity index (χ1n) is 6.34. The molecule has 2 rings (SSSR count). The van der Waals surface area contributed by atoms with Gasteiger partial charge in [-0.25, -0.2) is 8.78 Å². The average molecular weight is 265 g/mol. The van der Waals surface area contributed by atoms with Crippen LogP contribution in [-0.2, 0) is 19.4 Å². The van der Waals surface area contributed by atoms with Crippen LogP contribution in [0.25, 0.3) is 0 Å². The third-order valence-electron chi connectivity index (χ3n) is 3.17. The van der Waals surface area contributed by atoms with Crippen molar-refractivity contribution < 1.29 is 8.78 Å². The van der Waals surface area contributed by atoms with Crippen molar-refractivity contribution in [1.29, 1.82) is 0 Å². The molecule has 0 spiro atoms. The van der Waals surface area contributed by atoms with Gasteiger partial charge in [0.2, 0.25) is 0 Å². The molecule has 3 nitrogen and oxygen atoms in total. The summed E-state index contributed by atoms with van der Waals surface area (Å²) in [5, 5.41) is 4.37. The van der Waals surface area contributed by atoms with E-state index in [0.717, 1.165) is 29.9 Å². The molecule has 0 amide bonds. The fraction of sp³-hybridized carbons (Fsp3) is 0.357. The molecule has 19 heavy (non-hydrogen) atoms. The molecule has 102 valence electrons. The van der Waals surface area contributed by atoms with Gasteiger partial charge in [-0.05, 0) is 31.0 Å². The van der Waals surface area contributed by atoms with Crippen LogP contribution in [0.1, 0.15) is 30.8 Å². The molecular weight excluding hydrogens is 248 g/mol. The molecule has 0 aliphatic carbocycles. The smallest absolute Gasteiger partial charge is 0.128 e. The molecule has 0 fully saturated rings. The minimum atomic E-state index is -0.453. The van der Waals surface area contributed by atoms with E-state index in [2.05, 4.69) is 5.10 Å². The number of aryl methyl sites for hydroxylation is 1. The number of hydrogen-bond acceptors (Lipinski definition) is 2. The lowest BCUT2D eigenvalue weighted by molar-refractivity contribution is 0.558. The minimum absolute atomic E-state index is 0.191. The first kappa shape index (κ1) is 13.5. The summed E-state index contributed by atoms with van der Waals surface area (Å²) in [6, 6.07) is 3.43. The molecule has 0 unspecified atom stereocenters. The predicted molar refractivity (Wildman–Crippen MR) is 70.9 cm³/mol. The summed E-state index contributed by atoms with van der Waals surface area (Å²) >= 11 is 0. The maximum atomic E-state index is 13.6. The zero-order valence-electron chi connectivity index (χ0n) is 11.1. The van der Waals surface area contributed by atoms with Crippen LogP contribution >= 0.6 is 0 Å². The van der Waals surface area contributed by atoms with Crippen LogP contribution < -0.4 is 5.73 Å². The molecule has 2 N–H and O–H groups in total. The molecule has 0 atom stereocenters. The first-order valence-corrected chi connectivity index (χ1v) is 6.34. The van der Waals surface area contributed by atoms with Crippen LogP contribution in [0.4, 0.5) is 14.5 Å². The van der Waals surface area contributed by atoms with Gasteiger partial charge in [0.05, 0.1) is 23.6 Å². The molecule has 0 saturated heterocycles. The lowest BCUT2D eigenvalue weighted by Crippen LogP contribution is -2.08. The second-order valence-corrected chi connectivity index (χ2v) is 4.41. The largest absolute Gasteiger partial charge is 0.396 e. The van der Waals surface area contributed by atoms with Crippen molar-refractivity contribution in [2.75, 3.05) is 5.73 Å². The van der Waals surface area contributed by atoms with E-state index >= 15 is 0 Å². The van der Waals surface area contributed by atoms with Crippen LogP contribution in [0, 0.1) is 11.6 Å². The van der Waals surface area contributed by atoms with Crippen molar-refractivity contribution >= 4 is 5.69 Å². The van der Waals surface area contributed by atoms with E-state index in [1.807, 2.05) is 13.8 Å². The lowest BCUT2D eigenvalue weighted by Gasteiger charge is -2.07. The Balaban J connectivity index is 2.40. The Bertz CT molecular complexity index is 591. The highest BCUT2D eigenvalue weighted by Crippen LogP contribution is 2.20. The van der Waals surface area contributed by atoms with Crippen LogP contribution in [0.5, 0.6) is 0 Å². The van der Waals surface area contributed by atoms with Gasteiger partial charge in [0.15, 0.2) is 0 Å². The molecule has 0 bridgehead atoms. The van der Waals surface area contributed by atoms with Gasteiger partial charge < -0.3 is 5.73 Å². The molecule has 0 aliphatic heterocycles. The normalized spacial score (nSPS) is 10.9. The Kier molecular flexibility index (Phi) is 3.83. The SMILES string of the molecule is CCc1nn(Cc2cc(F)ccc2F)c(CC)c1N. The Morgan fingerprint density at radius 2 is 1.95 bits per heavy atom. The number of aromatic nitrogens is 2. The summed E-state index contributed by atoms with van der Waals surface area (Å²) in [7, 11) is 0. The number of hydrogen-bond donors (Lipinski definition) is 1. The highest BCUT2D eigenvalue weighted by atomic mass is 19.1. The number of nitrogen functional groups attached to an aromatic ring is 1. The van der Waals surface area contributed by atoms with E-state index in [0.29, 0.717) is 12.1 Å². The van der Waals surface area contributed by atoms with E-state index in [9.17, 15) is 8.78 Å². The fourth-order valence-electron chi connectivity index (χ4n) is 2.16. The second-order valence-electron chi connectivity index (χ2n) is 4.41. The second kappa shape index (κ2) is 5.38. The van der Waals surface area contributed by atoms with Crippen molar-refractivity contribution in [2.45, 2.75) is 33.2 Å². The van der Waals surface area contributed by atoms with E-state index in [4.69, 9.17) is 5.73 Å². The number of nitrogens with two attached hydrogens (primary N) is 1. The van der Waals surface area contributed by atoms with E-state index < -0.39 is 11.6 Å². The highest BCUT2D eigenvalue weighted by molar-refractivity contribution is 5.48. The number of rotatable bonds is 4. The Morgan fingerprint density at radius 1 is 1.21 bits per heavy atom. The van der Waals surface area contributed by atoms with Crippen LogP contribution in [0.2, 0.25) is 0 Å². The van der Waals surface area contributed by atoms with Gasteiger partial charge in [-0.2, -0.15) is 5.10 Å². The van der Waals surface area contributed by atoms with Gasteiger partial charge in [0.25, 0.3) is 0 Å². The summed E-state index contributed by atoms with van der Waals surface area (Å²) in [6.45, 7) is 4.12. The first-order chi connectivity index (χ1) is 9.06. The fourth-order valence-corrected chi connectivity index (χ4v) is 2.16. The summed E-state index contributed by atoms with van der Waals surface area (Å²) in [4.78, 5) is 0. The number of halogens is 2. The zero-order valence-corrected chi connectivity index (χ0v) is 11.1. The topological polar surface area (TPSA) is 43.8 Å². The number of anilines is 1. The standard InChI is InChI=1S/C14H17F2N3/c1-3-12-14(17)13(4-2)19(18-12)8-9-7-10(15)5-6-11(9)16/h5-7H,3-4,8,17H2,1-2H3. The van der Waals surface area contributed by atoms with E-state index in [1.165, 1.54) is 6.07 Å². The third-order valence-corrected chi connectivity index (χ3v) is 3.17. The van der Waals surface area contributed by atoms with Crippen molar-refractivity contribution in [2.24, 2.45) is 0 Å². The molecule has 1 heterocycles. The quantitative estimate of drug-likeness (QED) is 0.923. The van der Waals surface area contributed by atoms with Crippen molar-refractivity contribution in [1.82, 2.24) is 9.78 Å². The lowest BCUT2D eigenvalue weighted by atomic mass is 10.2. The van der Waals surface area contributed by atoms with Crippen LogP contribution in [0.15, 0.2) is 18.2 Å². The predicted octanol–water partition coefficient (Wildman–Crippen LogP) is 2.92. The van der Waals surface area contributed by atoms with Crippen molar-refractivity contribution in [3.05, 3.63) is 46.8 Å². The minimum Gasteiger partial charge on any atom is -0.396 e. The van der Waals surface area contributed by atoms with Gasteiger partial charge in [-0.1, -0.05) is 13.8 Å². The summed E-state index contributed by atoms with van der Waals surface area (Å²) in [5.74, 6) is -0.888. The maximum Gasteiger partial charge on any atom is 0.128 e. The summed E-state index contributed by atoms with van der Waals surface area (Å²) in [6.07, 6.45) is 1.42. The Labute approximate surface area is 111 Å². The molecule has 5 heteroatoms. The average Bonchev–Trinajstić information content (AvgIpc) is 2.69. The van der Waals surface area contributed by atoms with Gasteiger partial charge in [0, 0.05) is 5.56 Å². The summed E-state index contributed by atoms with van der Waals surface area (Å²) < 4.78 is 28.5. The molecule has 2 aromatic rings. The van der Waals surface area contributed by atoms with Gasteiger partial charge in [0.1, 0.15) is 11.6 Å². The highest BCUT2D eigenvalue weighted by Gasteiger charge is 2.14. The molecule has 1 aromatic carbocycles. The molecular formula is C14H17F2N3. The van der Waals surface area contributed by atoms with Gasteiger partial charge in [-0.15, -0.1) is 0 Å². The molecule has 0 radical (unpaired) electrons. The Morgan fingerprint density at radius 3 is 2.58 bits per heavy atom. The molecule has 1 aromatic heterocycles. The van der Waals surface area contributed by atoms with Crippen molar-refractivity contribution in [3.8, 4) is 0 Å². The number of nitrogens with zero attached hydrogens (tertiary/aromatic N) is 2. The van der Waals surface area contributed by atoms with E-state index in [1.54, 1.807) is 4.68 Å². The monoisotopic (exact) mass is 265 g/mol. The maximum absolute atomic E-state index is 13.6. The Hall–Kier alpha value is -1.91. The van der Waals surface area contributed by atoms with Gasteiger partial charge >= 0.3 is 0 Å². The molecule has 0 saturated carbocycles. The zero-order chi connectivity index (χ0) is 14.0. The number of benzene rings is 1. The van der Waals surface area contributed by atoms with E-state index in [-0.39, 0.29) is 12.1 Å². The summed E-state index contributed by atoms with van der Waals surface area (Å²) in [5.41, 5.74) is 8.59.